The van der Waals surface area contributed by atoms with E-state index in [1.165, 1.54) is 6.33 Å². The second kappa shape index (κ2) is 3.75. The summed E-state index contributed by atoms with van der Waals surface area (Å²) in [5.41, 5.74) is 0.896. The molecule has 68 valence electrons. The highest BCUT2D eigenvalue weighted by atomic mass is 16.5. The molecule has 0 spiro atoms. The number of rotatable bonds is 2. The van der Waals surface area contributed by atoms with E-state index >= 15 is 0 Å². The summed E-state index contributed by atoms with van der Waals surface area (Å²) in [4.78, 5) is 8.02. The van der Waals surface area contributed by atoms with Gasteiger partial charge in [0.2, 0.25) is 0 Å². The largest absolute Gasteiger partial charge is 0.481 e. The van der Waals surface area contributed by atoms with Crippen LogP contribution in [0.1, 0.15) is 0 Å². The van der Waals surface area contributed by atoms with E-state index < -0.39 is 0 Å². The molecule has 0 atom stereocenters. The summed E-state index contributed by atoms with van der Waals surface area (Å²) in [5, 5.41) is 0.946. The average molecular weight is 184 g/mol. The van der Waals surface area contributed by atoms with Crippen molar-refractivity contribution in [3.63, 3.8) is 0 Å². The van der Waals surface area contributed by atoms with Crippen LogP contribution in [-0.4, -0.2) is 16.6 Å². The van der Waals surface area contributed by atoms with Crippen LogP contribution in [0.25, 0.3) is 10.9 Å². The monoisotopic (exact) mass is 184 g/mol. The van der Waals surface area contributed by atoms with Crippen LogP contribution in [0, 0.1) is 12.3 Å². The number of aromatic nitrogens is 2. The molecule has 0 radical (unpaired) electrons. The number of hydrogen-bond acceptors (Lipinski definition) is 3. The van der Waals surface area contributed by atoms with Crippen molar-refractivity contribution >= 4 is 10.9 Å². The fourth-order valence-electron chi connectivity index (χ4n) is 1.18. The number of hydrogen-bond donors (Lipinski definition) is 0. The Morgan fingerprint density at radius 1 is 1.43 bits per heavy atom. The predicted octanol–water partition coefficient (Wildman–Crippen LogP) is 1.64. The third-order valence-electron chi connectivity index (χ3n) is 1.80. The summed E-state index contributed by atoms with van der Waals surface area (Å²) < 4.78 is 5.27. The Kier molecular flexibility index (Phi) is 2.28. The van der Waals surface area contributed by atoms with E-state index in [4.69, 9.17) is 11.2 Å². The molecule has 0 aliphatic heterocycles. The molecule has 3 heteroatoms. The van der Waals surface area contributed by atoms with Crippen LogP contribution in [0.4, 0.5) is 0 Å². The highest BCUT2D eigenvalue weighted by Gasteiger charge is 1.96. The van der Waals surface area contributed by atoms with Gasteiger partial charge in [-0.25, -0.2) is 9.97 Å². The van der Waals surface area contributed by atoms with Crippen molar-refractivity contribution in [2.45, 2.75) is 0 Å². The first-order chi connectivity index (χ1) is 6.90. The number of terminal acetylenes is 1. The predicted molar refractivity (Wildman–Crippen MR) is 53.9 cm³/mol. The fraction of sp³-hybridized carbons (Fsp3) is 0.0909. The van der Waals surface area contributed by atoms with Crippen LogP contribution in [-0.2, 0) is 0 Å². The number of fused-ring (bicyclic) bond motifs is 1. The molecule has 0 aliphatic rings. The molecule has 0 aliphatic carbocycles. The zero-order valence-electron chi connectivity index (χ0n) is 7.47. The molecule has 2 rings (SSSR count). The van der Waals surface area contributed by atoms with Crippen molar-refractivity contribution in [1.82, 2.24) is 9.97 Å². The summed E-state index contributed by atoms with van der Waals surface area (Å²) >= 11 is 0. The molecule has 1 aromatic heterocycles. The van der Waals surface area contributed by atoms with Gasteiger partial charge in [-0.3, -0.25) is 0 Å². The van der Waals surface area contributed by atoms with Gasteiger partial charge < -0.3 is 4.74 Å². The van der Waals surface area contributed by atoms with Gasteiger partial charge in [-0.2, -0.15) is 0 Å². The summed E-state index contributed by atoms with van der Waals surface area (Å²) in [6.45, 7) is 0.277. The van der Waals surface area contributed by atoms with Gasteiger partial charge in [0, 0.05) is 11.6 Å². The highest BCUT2D eigenvalue weighted by Crippen LogP contribution is 2.17. The summed E-state index contributed by atoms with van der Waals surface area (Å²) in [5.74, 6) is 3.15. The zero-order chi connectivity index (χ0) is 9.80. The van der Waals surface area contributed by atoms with E-state index in [0.717, 1.165) is 16.7 Å². The molecule has 0 saturated carbocycles. The second-order valence-electron chi connectivity index (χ2n) is 2.74. The highest BCUT2D eigenvalue weighted by molar-refractivity contribution is 5.78. The zero-order valence-corrected chi connectivity index (χ0v) is 7.47. The van der Waals surface area contributed by atoms with Gasteiger partial charge in [0.25, 0.3) is 0 Å². The first-order valence-corrected chi connectivity index (χ1v) is 4.16. The molecule has 0 bridgehead atoms. The van der Waals surface area contributed by atoms with E-state index in [-0.39, 0.29) is 6.61 Å². The standard InChI is InChI=1S/C11H8N2O/c1-2-5-14-10-3-4-11-9(6-10)7-12-8-13-11/h1,3-4,6-8H,5H2. The molecule has 0 fully saturated rings. The van der Waals surface area contributed by atoms with Gasteiger partial charge in [-0.15, -0.1) is 6.42 Å². The van der Waals surface area contributed by atoms with Crippen molar-refractivity contribution in [2.75, 3.05) is 6.61 Å². The van der Waals surface area contributed by atoms with Crippen LogP contribution in [0.2, 0.25) is 0 Å². The number of ether oxygens (including phenoxy) is 1. The molecule has 1 heterocycles. The van der Waals surface area contributed by atoms with Crippen LogP contribution in [0.3, 0.4) is 0 Å². The SMILES string of the molecule is C#CCOc1ccc2ncncc2c1. The topological polar surface area (TPSA) is 35.0 Å². The smallest absolute Gasteiger partial charge is 0.148 e. The maximum atomic E-state index is 5.27. The van der Waals surface area contributed by atoms with Gasteiger partial charge in [0.1, 0.15) is 18.7 Å². The van der Waals surface area contributed by atoms with E-state index in [2.05, 4.69) is 15.9 Å². The van der Waals surface area contributed by atoms with E-state index in [0.29, 0.717) is 0 Å². The third-order valence-corrected chi connectivity index (χ3v) is 1.80. The van der Waals surface area contributed by atoms with Crippen molar-refractivity contribution in [3.05, 3.63) is 30.7 Å². The second-order valence-corrected chi connectivity index (χ2v) is 2.74. The van der Waals surface area contributed by atoms with Gasteiger partial charge in [-0.1, -0.05) is 5.92 Å². The van der Waals surface area contributed by atoms with Gasteiger partial charge in [-0.05, 0) is 18.2 Å². The van der Waals surface area contributed by atoms with Crippen LogP contribution in [0.5, 0.6) is 5.75 Å². The normalized spacial score (nSPS) is 9.64. The molecule has 3 nitrogen and oxygen atoms in total. The Hall–Kier alpha value is -2.08. The summed E-state index contributed by atoms with van der Waals surface area (Å²) in [7, 11) is 0. The summed E-state index contributed by atoms with van der Waals surface area (Å²) in [6, 6.07) is 5.59. The quantitative estimate of drug-likeness (QED) is 0.665. The fourth-order valence-corrected chi connectivity index (χ4v) is 1.18. The van der Waals surface area contributed by atoms with Crippen molar-refractivity contribution < 1.29 is 4.74 Å². The third kappa shape index (κ3) is 1.64. The first kappa shape index (κ1) is 8.52. The Balaban J connectivity index is 2.37. The first-order valence-electron chi connectivity index (χ1n) is 4.16. The lowest BCUT2D eigenvalue weighted by molar-refractivity contribution is 0.371. The molecule has 1 aromatic carbocycles. The van der Waals surface area contributed by atoms with E-state index in [1.54, 1.807) is 6.20 Å². The molecule has 0 saturated heterocycles. The summed E-state index contributed by atoms with van der Waals surface area (Å²) in [6.07, 6.45) is 8.35. The molecule has 2 aromatic rings. The maximum Gasteiger partial charge on any atom is 0.148 e. The molecule has 0 N–H and O–H groups in total. The van der Waals surface area contributed by atoms with Gasteiger partial charge in [0.05, 0.1) is 5.52 Å². The van der Waals surface area contributed by atoms with Crippen molar-refractivity contribution in [1.29, 1.82) is 0 Å². The maximum absolute atomic E-state index is 5.27. The number of benzene rings is 1. The lowest BCUT2D eigenvalue weighted by Gasteiger charge is -2.02. The Bertz CT molecular complexity index is 488. The van der Waals surface area contributed by atoms with E-state index in [1.807, 2.05) is 18.2 Å². The van der Waals surface area contributed by atoms with Gasteiger partial charge >= 0.3 is 0 Å². The minimum atomic E-state index is 0.277. The molecule has 14 heavy (non-hydrogen) atoms. The van der Waals surface area contributed by atoms with Crippen LogP contribution in [0.15, 0.2) is 30.7 Å². The molecule has 0 unspecified atom stereocenters. The Morgan fingerprint density at radius 2 is 2.36 bits per heavy atom. The Morgan fingerprint density at radius 3 is 3.21 bits per heavy atom. The van der Waals surface area contributed by atoms with Crippen molar-refractivity contribution in [2.24, 2.45) is 0 Å². The lowest BCUT2D eigenvalue weighted by atomic mass is 10.2. The number of nitrogens with zero attached hydrogens (tertiary/aromatic N) is 2. The van der Waals surface area contributed by atoms with Gasteiger partial charge in [0.15, 0.2) is 0 Å². The minimum Gasteiger partial charge on any atom is -0.481 e. The lowest BCUT2D eigenvalue weighted by Crippen LogP contribution is -1.93. The minimum absolute atomic E-state index is 0.277. The molecule has 0 amide bonds. The van der Waals surface area contributed by atoms with E-state index in [9.17, 15) is 0 Å². The molecular weight excluding hydrogens is 176 g/mol. The Labute approximate surface area is 81.8 Å². The average Bonchev–Trinajstić information content (AvgIpc) is 2.26. The molecular formula is C11H8N2O. The van der Waals surface area contributed by atoms with Crippen molar-refractivity contribution in [3.8, 4) is 18.1 Å². The van der Waals surface area contributed by atoms with Crippen LogP contribution < -0.4 is 4.74 Å². The van der Waals surface area contributed by atoms with Crippen LogP contribution >= 0.6 is 0 Å².